The first kappa shape index (κ1) is 30.2. The lowest BCUT2D eigenvalue weighted by Crippen LogP contribution is -2.37. The minimum atomic E-state index is -3.74. The average molecular weight is 575 g/mol. The molecular weight excluding hydrogens is 540 g/mol. The Morgan fingerprint density at radius 1 is 1.03 bits per heavy atom. The molecule has 1 aromatic heterocycles. The maximum Gasteiger partial charge on any atom is 0.325 e. The van der Waals surface area contributed by atoms with E-state index in [1.807, 2.05) is 27.7 Å². The van der Waals surface area contributed by atoms with Crippen LogP contribution < -0.4 is 10.1 Å². The molecule has 12 heteroatoms. The molecule has 210 valence electrons. The number of benzene rings is 2. The van der Waals surface area contributed by atoms with Crippen molar-refractivity contribution < 1.29 is 27.5 Å². The van der Waals surface area contributed by atoms with Gasteiger partial charge < -0.3 is 14.6 Å². The molecule has 0 aliphatic carbocycles. The highest BCUT2D eigenvalue weighted by Gasteiger charge is 2.26. The number of amides is 2. The zero-order valence-electron chi connectivity index (χ0n) is 22.9. The van der Waals surface area contributed by atoms with Crippen molar-refractivity contribution in [3.05, 3.63) is 52.8 Å². The number of sulfonamides is 1. The number of rotatable bonds is 10. The molecule has 0 aliphatic rings. The third-order valence-electron chi connectivity index (χ3n) is 5.59. The number of carbonyl (C=O) groups excluding carboxylic acids is 3. The van der Waals surface area contributed by atoms with Crippen LogP contribution in [0.3, 0.4) is 0 Å². The smallest absolute Gasteiger partial charge is 0.325 e. The quantitative estimate of drug-likeness (QED) is 0.366. The molecule has 0 aliphatic heterocycles. The lowest BCUT2D eigenvalue weighted by Gasteiger charge is -2.25. The fourth-order valence-corrected chi connectivity index (χ4v) is 6.78. The number of ether oxygens (including phenoxy) is 1. The van der Waals surface area contributed by atoms with Gasteiger partial charge in [-0.3, -0.25) is 14.4 Å². The van der Waals surface area contributed by atoms with E-state index in [9.17, 15) is 22.8 Å². The van der Waals surface area contributed by atoms with Gasteiger partial charge in [-0.25, -0.2) is 8.42 Å². The van der Waals surface area contributed by atoms with E-state index in [-0.39, 0.29) is 39.5 Å². The third kappa shape index (κ3) is 7.61. The molecule has 0 spiro atoms. The van der Waals surface area contributed by atoms with Crippen LogP contribution in [0.1, 0.15) is 45.0 Å². The SMILES string of the molecule is COC(=O)Cn1c(=NC(=O)c2ccc(S(=O)(=O)N(CC(C)C)CC(C)C)cc2)sc2cc(NC(C)=O)ccc21. The van der Waals surface area contributed by atoms with Crippen molar-refractivity contribution in [3.8, 4) is 0 Å². The summed E-state index contributed by atoms with van der Waals surface area (Å²) in [6.45, 7) is 9.89. The summed E-state index contributed by atoms with van der Waals surface area (Å²) in [5.41, 5.74) is 1.41. The van der Waals surface area contributed by atoms with Gasteiger partial charge in [0.1, 0.15) is 6.54 Å². The predicted molar refractivity (Wildman–Crippen MR) is 151 cm³/mol. The molecule has 1 heterocycles. The number of thiazole rings is 1. The number of carbonyl (C=O) groups is 3. The summed E-state index contributed by atoms with van der Waals surface area (Å²) < 4.78 is 35.1. The molecule has 0 saturated heterocycles. The molecule has 0 unspecified atom stereocenters. The number of esters is 1. The molecule has 0 bridgehead atoms. The van der Waals surface area contributed by atoms with Crippen LogP contribution in [0.5, 0.6) is 0 Å². The lowest BCUT2D eigenvalue weighted by atomic mass is 10.2. The topological polar surface area (TPSA) is 127 Å². The third-order valence-corrected chi connectivity index (χ3v) is 8.48. The standard InChI is InChI=1S/C27H34N4O6S2/c1-17(2)14-30(15-18(3)4)39(35,36)22-10-7-20(8-11-22)26(34)29-27-31(16-25(33)37-6)23-12-9-21(28-19(5)32)13-24(23)38-27/h7-13,17-18H,14-16H2,1-6H3,(H,28,32). The molecule has 39 heavy (non-hydrogen) atoms. The van der Waals surface area contributed by atoms with Crippen LogP contribution in [0, 0.1) is 11.8 Å². The first-order chi connectivity index (χ1) is 18.3. The largest absolute Gasteiger partial charge is 0.468 e. The van der Waals surface area contributed by atoms with Crippen molar-refractivity contribution in [2.75, 3.05) is 25.5 Å². The van der Waals surface area contributed by atoms with Crippen molar-refractivity contribution in [2.45, 2.75) is 46.1 Å². The normalized spacial score (nSPS) is 12.5. The summed E-state index contributed by atoms with van der Waals surface area (Å²) in [6.07, 6.45) is 0. The fourth-order valence-electron chi connectivity index (χ4n) is 3.94. The van der Waals surface area contributed by atoms with Gasteiger partial charge in [-0.15, -0.1) is 0 Å². The number of nitrogens with zero attached hydrogens (tertiary/aromatic N) is 3. The zero-order chi connectivity index (χ0) is 28.9. The molecule has 2 amide bonds. The highest BCUT2D eigenvalue weighted by atomic mass is 32.2. The van der Waals surface area contributed by atoms with E-state index in [1.54, 1.807) is 22.8 Å². The Kier molecular flexibility index (Phi) is 9.81. The van der Waals surface area contributed by atoms with E-state index in [1.165, 1.54) is 53.9 Å². The highest BCUT2D eigenvalue weighted by molar-refractivity contribution is 7.89. The maximum atomic E-state index is 13.3. The van der Waals surface area contributed by atoms with E-state index < -0.39 is 21.9 Å². The highest BCUT2D eigenvalue weighted by Crippen LogP contribution is 2.23. The van der Waals surface area contributed by atoms with E-state index in [4.69, 9.17) is 4.74 Å². The Morgan fingerprint density at radius 3 is 2.18 bits per heavy atom. The van der Waals surface area contributed by atoms with Crippen LogP contribution in [0.2, 0.25) is 0 Å². The number of hydrogen-bond donors (Lipinski definition) is 1. The fraction of sp³-hybridized carbons (Fsp3) is 0.407. The molecule has 1 N–H and O–H groups in total. The molecule has 10 nitrogen and oxygen atoms in total. The van der Waals surface area contributed by atoms with Crippen molar-refractivity contribution in [1.29, 1.82) is 0 Å². The average Bonchev–Trinajstić information content (AvgIpc) is 3.18. The number of nitrogens with one attached hydrogen (secondary N) is 1. The van der Waals surface area contributed by atoms with Gasteiger partial charge in [0.05, 0.1) is 22.2 Å². The molecule has 3 aromatic rings. The maximum absolute atomic E-state index is 13.3. The minimum absolute atomic E-state index is 0.105. The molecule has 0 fully saturated rings. The molecule has 0 radical (unpaired) electrons. The van der Waals surface area contributed by atoms with Gasteiger partial charge in [0, 0.05) is 31.3 Å². The van der Waals surface area contributed by atoms with Crippen LogP contribution in [0.25, 0.3) is 10.2 Å². The second-order valence-electron chi connectivity index (χ2n) is 9.96. The van der Waals surface area contributed by atoms with Gasteiger partial charge in [-0.2, -0.15) is 9.30 Å². The van der Waals surface area contributed by atoms with Gasteiger partial charge in [0.15, 0.2) is 4.80 Å². The lowest BCUT2D eigenvalue weighted by molar-refractivity contribution is -0.141. The Bertz CT molecular complexity index is 1530. The van der Waals surface area contributed by atoms with E-state index in [0.717, 1.165) is 0 Å². The Morgan fingerprint density at radius 2 is 1.64 bits per heavy atom. The van der Waals surface area contributed by atoms with Gasteiger partial charge in [0.25, 0.3) is 5.91 Å². The molecular formula is C27H34N4O6S2. The van der Waals surface area contributed by atoms with Crippen molar-refractivity contribution in [3.63, 3.8) is 0 Å². The minimum Gasteiger partial charge on any atom is -0.468 e. The predicted octanol–water partition coefficient (Wildman–Crippen LogP) is 3.88. The van der Waals surface area contributed by atoms with Gasteiger partial charge in [-0.1, -0.05) is 39.0 Å². The first-order valence-corrected chi connectivity index (χ1v) is 14.7. The number of fused-ring (bicyclic) bond motifs is 1. The Labute approximate surface area is 232 Å². The number of aromatic nitrogens is 1. The summed E-state index contributed by atoms with van der Waals surface area (Å²) in [4.78, 5) is 41.2. The molecule has 0 saturated carbocycles. The Balaban J connectivity index is 1.99. The van der Waals surface area contributed by atoms with Crippen LogP contribution >= 0.6 is 11.3 Å². The summed E-state index contributed by atoms with van der Waals surface area (Å²) in [5, 5.41) is 2.71. The molecule has 3 rings (SSSR count). The first-order valence-electron chi connectivity index (χ1n) is 12.5. The number of hydrogen-bond acceptors (Lipinski definition) is 7. The second-order valence-corrected chi connectivity index (χ2v) is 12.9. The van der Waals surface area contributed by atoms with Crippen molar-refractivity contribution in [1.82, 2.24) is 8.87 Å². The number of anilines is 1. The second kappa shape index (κ2) is 12.7. The van der Waals surface area contributed by atoms with Crippen LogP contribution in [-0.4, -0.2) is 55.3 Å². The number of methoxy groups -OCH3 is 1. The Hall–Kier alpha value is -3.35. The summed E-state index contributed by atoms with van der Waals surface area (Å²) >= 11 is 1.18. The zero-order valence-corrected chi connectivity index (χ0v) is 24.6. The van der Waals surface area contributed by atoms with Crippen molar-refractivity contribution in [2.24, 2.45) is 16.8 Å². The molecule has 0 atom stereocenters. The van der Waals surface area contributed by atoms with Gasteiger partial charge >= 0.3 is 5.97 Å². The van der Waals surface area contributed by atoms with E-state index in [0.29, 0.717) is 29.0 Å². The van der Waals surface area contributed by atoms with Crippen LogP contribution in [-0.2, 0) is 30.9 Å². The van der Waals surface area contributed by atoms with Gasteiger partial charge in [0.2, 0.25) is 15.9 Å². The summed E-state index contributed by atoms with van der Waals surface area (Å²) in [5.74, 6) is -1.02. The summed E-state index contributed by atoms with van der Waals surface area (Å²) in [6, 6.07) is 10.9. The van der Waals surface area contributed by atoms with E-state index in [2.05, 4.69) is 10.3 Å². The van der Waals surface area contributed by atoms with E-state index >= 15 is 0 Å². The van der Waals surface area contributed by atoms with Gasteiger partial charge in [-0.05, 0) is 54.3 Å². The molecule has 2 aromatic carbocycles. The monoisotopic (exact) mass is 574 g/mol. The summed E-state index contributed by atoms with van der Waals surface area (Å²) in [7, 11) is -2.47. The van der Waals surface area contributed by atoms with Crippen molar-refractivity contribution >= 4 is 55.0 Å². The van der Waals surface area contributed by atoms with Crippen LogP contribution in [0.4, 0.5) is 5.69 Å². The van der Waals surface area contributed by atoms with Crippen LogP contribution in [0.15, 0.2) is 52.4 Å².